The molecule has 5 heteroatoms. The molecule has 0 amide bonds. The van der Waals surface area contributed by atoms with Crippen molar-refractivity contribution in [1.29, 1.82) is 0 Å². The van der Waals surface area contributed by atoms with E-state index in [0.29, 0.717) is 12.6 Å². The van der Waals surface area contributed by atoms with Crippen LogP contribution in [0.5, 0.6) is 0 Å². The lowest BCUT2D eigenvalue weighted by Crippen LogP contribution is -2.21. The van der Waals surface area contributed by atoms with Gasteiger partial charge < -0.3 is 0 Å². The van der Waals surface area contributed by atoms with Crippen molar-refractivity contribution in [2.75, 3.05) is 13.2 Å². The summed E-state index contributed by atoms with van der Waals surface area (Å²) in [4.78, 5) is 0. The first-order valence-electron chi connectivity index (χ1n) is 3.89. The molecule has 66 valence electrons. The highest BCUT2D eigenvalue weighted by atomic mass is 32.7. The molecule has 2 atom stereocenters. The van der Waals surface area contributed by atoms with E-state index in [1.807, 2.05) is 6.92 Å². The lowest BCUT2D eigenvalue weighted by molar-refractivity contribution is 0.275. The fourth-order valence-corrected chi connectivity index (χ4v) is 3.67. The van der Waals surface area contributed by atoms with E-state index in [2.05, 4.69) is 24.3 Å². The molecule has 1 rings (SSSR count). The zero-order valence-corrected chi connectivity index (χ0v) is 8.70. The van der Waals surface area contributed by atoms with Crippen LogP contribution in [0.1, 0.15) is 20.3 Å². The smallest absolute Gasteiger partial charge is 0.178 e. The van der Waals surface area contributed by atoms with Gasteiger partial charge in [0.2, 0.25) is 0 Å². The van der Waals surface area contributed by atoms with E-state index in [4.69, 9.17) is 9.05 Å². The summed E-state index contributed by atoms with van der Waals surface area (Å²) in [5.74, 6) is 0. The Kier molecular flexibility index (Phi) is 3.59. The average molecular weight is 196 g/mol. The number of thiol groups is 1. The standard InChI is InChI=1S/C6H15NO2PS/c1-3-6-5-9-10(11,7-6)8-4-2/h6-7,11H,3-5H2,1-2H3/q+1. The van der Waals surface area contributed by atoms with Crippen molar-refractivity contribution in [3.8, 4) is 0 Å². The van der Waals surface area contributed by atoms with Gasteiger partial charge in [0.05, 0.1) is 24.9 Å². The molecule has 1 saturated heterocycles. The maximum absolute atomic E-state index is 5.43. The van der Waals surface area contributed by atoms with Crippen molar-refractivity contribution in [1.82, 2.24) is 5.09 Å². The van der Waals surface area contributed by atoms with Gasteiger partial charge in [0.25, 0.3) is 0 Å². The van der Waals surface area contributed by atoms with Gasteiger partial charge in [-0.05, 0) is 13.3 Å². The quantitative estimate of drug-likeness (QED) is 0.535. The molecule has 0 aromatic carbocycles. The first-order chi connectivity index (χ1) is 5.20. The molecule has 0 radical (unpaired) electrons. The first kappa shape index (κ1) is 9.75. The Morgan fingerprint density at radius 2 is 2.45 bits per heavy atom. The maximum Gasteiger partial charge on any atom is 0.409 e. The Hall–Kier alpha value is 0.660. The van der Waals surface area contributed by atoms with Crippen molar-refractivity contribution < 1.29 is 9.05 Å². The van der Waals surface area contributed by atoms with Crippen LogP contribution in [0.4, 0.5) is 0 Å². The molecule has 0 bridgehead atoms. The van der Waals surface area contributed by atoms with Gasteiger partial charge in [-0.25, -0.2) is 0 Å². The molecule has 1 N–H and O–H groups in total. The molecular formula is C6H15NO2PS+. The Balaban J connectivity index is 2.37. The fourth-order valence-electron chi connectivity index (χ4n) is 0.955. The zero-order valence-electron chi connectivity index (χ0n) is 6.91. The van der Waals surface area contributed by atoms with Crippen molar-refractivity contribution >= 4 is 19.3 Å². The summed E-state index contributed by atoms with van der Waals surface area (Å²) in [7, 11) is -1.95. The lowest BCUT2D eigenvalue weighted by Gasteiger charge is -2.09. The fraction of sp³-hybridized carbons (Fsp3) is 1.00. The highest BCUT2D eigenvalue weighted by Gasteiger charge is 2.47. The van der Waals surface area contributed by atoms with Gasteiger partial charge in [-0.1, -0.05) is 6.92 Å². The summed E-state index contributed by atoms with van der Waals surface area (Å²) < 4.78 is 10.8. The number of rotatable bonds is 3. The average Bonchev–Trinajstić information content (AvgIpc) is 2.33. The largest absolute Gasteiger partial charge is 0.409 e. The van der Waals surface area contributed by atoms with Gasteiger partial charge in [-0.3, -0.25) is 0 Å². The first-order valence-corrected chi connectivity index (χ1v) is 6.66. The van der Waals surface area contributed by atoms with Gasteiger partial charge in [0, 0.05) is 0 Å². The maximum atomic E-state index is 5.43. The summed E-state index contributed by atoms with van der Waals surface area (Å²) >= 11 is 4.33. The molecule has 1 aliphatic heterocycles. The van der Waals surface area contributed by atoms with Gasteiger partial charge >= 0.3 is 7.07 Å². The minimum Gasteiger partial charge on any atom is -0.178 e. The van der Waals surface area contributed by atoms with Crippen molar-refractivity contribution in [2.24, 2.45) is 0 Å². The van der Waals surface area contributed by atoms with Crippen molar-refractivity contribution in [3.63, 3.8) is 0 Å². The molecular weight excluding hydrogens is 181 g/mol. The third kappa shape index (κ3) is 2.56. The van der Waals surface area contributed by atoms with Crippen molar-refractivity contribution in [3.05, 3.63) is 0 Å². The van der Waals surface area contributed by atoms with Crippen LogP contribution in [0, 0.1) is 0 Å². The van der Waals surface area contributed by atoms with E-state index >= 15 is 0 Å². The van der Waals surface area contributed by atoms with Crippen LogP contribution in [0.3, 0.4) is 0 Å². The van der Waals surface area contributed by atoms with Crippen LogP contribution in [-0.2, 0) is 9.05 Å². The molecule has 11 heavy (non-hydrogen) atoms. The summed E-state index contributed by atoms with van der Waals surface area (Å²) in [6.45, 7) is 5.45. The van der Waals surface area contributed by atoms with Crippen LogP contribution in [-0.4, -0.2) is 19.3 Å². The number of nitrogens with one attached hydrogen (secondary N) is 1. The summed E-state index contributed by atoms with van der Waals surface area (Å²) in [6, 6.07) is 0.424. The third-order valence-corrected chi connectivity index (χ3v) is 4.43. The van der Waals surface area contributed by atoms with Crippen LogP contribution in [0.25, 0.3) is 0 Å². The summed E-state index contributed by atoms with van der Waals surface area (Å²) in [5.41, 5.74) is 0. The second kappa shape index (κ2) is 4.06. The van der Waals surface area contributed by atoms with Gasteiger partial charge in [0.15, 0.2) is 0 Å². The van der Waals surface area contributed by atoms with E-state index in [1.54, 1.807) is 0 Å². The monoisotopic (exact) mass is 196 g/mol. The van der Waals surface area contributed by atoms with E-state index in [9.17, 15) is 0 Å². The van der Waals surface area contributed by atoms with Crippen LogP contribution >= 0.6 is 19.3 Å². The minimum atomic E-state index is -1.95. The van der Waals surface area contributed by atoms with Crippen LogP contribution in [0.2, 0.25) is 0 Å². The predicted octanol–water partition coefficient (Wildman–Crippen LogP) is 2.03. The van der Waals surface area contributed by atoms with E-state index < -0.39 is 7.07 Å². The van der Waals surface area contributed by atoms with E-state index in [1.165, 1.54) is 0 Å². The molecule has 2 unspecified atom stereocenters. The van der Waals surface area contributed by atoms with Gasteiger partial charge in [0.1, 0.15) is 6.61 Å². The molecule has 0 saturated carbocycles. The molecule has 1 heterocycles. The summed E-state index contributed by atoms with van der Waals surface area (Å²) in [6.07, 6.45) is 1.06. The Labute approximate surface area is 73.6 Å². The molecule has 1 fully saturated rings. The number of hydrogen-bond acceptors (Lipinski definition) is 4. The molecule has 0 aliphatic carbocycles. The highest BCUT2D eigenvalue weighted by Crippen LogP contribution is 2.64. The molecule has 3 nitrogen and oxygen atoms in total. The van der Waals surface area contributed by atoms with Crippen LogP contribution < -0.4 is 5.09 Å². The van der Waals surface area contributed by atoms with E-state index in [-0.39, 0.29) is 0 Å². The summed E-state index contributed by atoms with van der Waals surface area (Å²) in [5, 5.41) is 3.25. The van der Waals surface area contributed by atoms with Gasteiger partial charge in [-0.2, -0.15) is 9.05 Å². The normalized spacial score (nSPS) is 37.9. The zero-order chi connectivity index (χ0) is 8.32. The molecule has 0 spiro atoms. The second-order valence-electron chi connectivity index (χ2n) is 2.47. The highest BCUT2D eigenvalue weighted by molar-refractivity contribution is 8.48. The number of hydrogen-bond donors (Lipinski definition) is 2. The van der Waals surface area contributed by atoms with Crippen LogP contribution in [0.15, 0.2) is 0 Å². The lowest BCUT2D eigenvalue weighted by atomic mass is 10.3. The van der Waals surface area contributed by atoms with E-state index in [0.717, 1.165) is 13.0 Å². The molecule has 1 aliphatic rings. The Bertz CT molecular complexity index is 138. The molecule has 0 aromatic rings. The predicted molar refractivity (Wildman–Crippen MR) is 50.7 cm³/mol. The SMILES string of the molecule is CCO[P+]1(S)NC(CC)CO1. The second-order valence-corrected chi connectivity index (χ2v) is 5.86. The van der Waals surface area contributed by atoms with Crippen molar-refractivity contribution in [2.45, 2.75) is 26.3 Å². The topological polar surface area (TPSA) is 30.5 Å². The van der Waals surface area contributed by atoms with Gasteiger partial charge in [-0.15, -0.1) is 5.09 Å². The third-order valence-electron chi connectivity index (χ3n) is 1.59. The Morgan fingerprint density at radius 1 is 1.73 bits per heavy atom. The minimum absolute atomic E-state index is 0.424. The Morgan fingerprint density at radius 3 is 2.91 bits per heavy atom. The molecule has 0 aromatic heterocycles.